The number of aromatic nitrogens is 3. The normalized spacial score (nSPS) is 18.0. The van der Waals surface area contributed by atoms with Crippen LogP contribution < -0.4 is 0 Å². The number of halogens is 2. The molecule has 0 amide bonds. The fourth-order valence-corrected chi connectivity index (χ4v) is 7.11. The number of aryl methyl sites for hydroxylation is 2. The van der Waals surface area contributed by atoms with Crippen molar-refractivity contribution in [3.63, 3.8) is 0 Å². The first kappa shape index (κ1) is 27.1. The molecule has 4 aromatic rings. The maximum absolute atomic E-state index is 15.3. The van der Waals surface area contributed by atoms with E-state index in [1.54, 1.807) is 32.0 Å². The maximum Gasteiger partial charge on any atom is 0.268 e. The molecule has 1 aliphatic carbocycles. The quantitative estimate of drug-likeness (QED) is 0.260. The predicted octanol–water partition coefficient (Wildman–Crippen LogP) is 6.56. The molecule has 0 unspecified atom stereocenters. The van der Waals surface area contributed by atoms with E-state index in [0.29, 0.717) is 35.3 Å². The van der Waals surface area contributed by atoms with Gasteiger partial charge in [0.2, 0.25) is 0 Å². The molecule has 0 aliphatic heterocycles. The summed E-state index contributed by atoms with van der Waals surface area (Å²) in [4.78, 5) is 20.3. The largest absolute Gasteiger partial charge is 0.300 e. The van der Waals surface area contributed by atoms with Crippen molar-refractivity contribution in [3.8, 4) is 11.4 Å². The Balaban J connectivity index is 1.57. The molecular formula is C30H31F2N3O3S. The molecule has 0 N–H and O–H groups in total. The minimum absolute atomic E-state index is 0.0228. The molecule has 1 fully saturated rings. The Labute approximate surface area is 227 Å². The van der Waals surface area contributed by atoms with Crippen LogP contribution >= 0.6 is 0 Å². The first-order valence-electron chi connectivity index (χ1n) is 13.2. The summed E-state index contributed by atoms with van der Waals surface area (Å²) in [6, 6.07) is 9.30. The lowest BCUT2D eigenvalue weighted by atomic mass is 9.77. The summed E-state index contributed by atoms with van der Waals surface area (Å²) in [6.45, 7) is 5.16. The van der Waals surface area contributed by atoms with E-state index in [2.05, 4.69) is 9.97 Å². The van der Waals surface area contributed by atoms with Gasteiger partial charge in [0.15, 0.2) is 11.6 Å². The summed E-state index contributed by atoms with van der Waals surface area (Å²) in [5, 5.41) is 0.333. The number of hydrogen-bond donors (Lipinski definition) is 0. The van der Waals surface area contributed by atoms with E-state index in [1.807, 2.05) is 6.92 Å². The Kier molecular flexibility index (Phi) is 7.37. The number of fused-ring (bicyclic) bond motifs is 1. The minimum atomic E-state index is -4.14. The van der Waals surface area contributed by atoms with Crippen molar-refractivity contribution in [2.24, 2.45) is 11.8 Å². The highest BCUT2D eigenvalue weighted by molar-refractivity contribution is 7.90. The summed E-state index contributed by atoms with van der Waals surface area (Å²) in [7, 11) is -4.14. The van der Waals surface area contributed by atoms with Crippen LogP contribution in [0.1, 0.15) is 55.8 Å². The predicted molar refractivity (Wildman–Crippen MR) is 146 cm³/mol. The van der Waals surface area contributed by atoms with E-state index in [4.69, 9.17) is 0 Å². The van der Waals surface area contributed by atoms with Crippen molar-refractivity contribution >= 4 is 26.7 Å². The van der Waals surface area contributed by atoms with Gasteiger partial charge in [0.25, 0.3) is 10.0 Å². The van der Waals surface area contributed by atoms with Crippen molar-refractivity contribution in [1.29, 1.82) is 0 Å². The first-order valence-corrected chi connectivity index (χ1v) is 14.6. The average molecular weight is 552 g/mol. The molecule has 6 nitrogen and oxygen atoms in total. The van der Waals surface area contributed by atoms with Crippen LogP contribution in [0.5, 0.6) is 0 Å². The lowest BCUT2D eigenvalue weighted by Crippen LogP contribution is -2.20. The molecule has 1 aliphatic rings. The zero-order chi connectivity index (χ0) is 27.9. The van der Waals surface area contributed by atoms with Crippen LogP contribution in [-0.4, -0.2) is 28.1 Å². The molecule has 0 bridgehead atoms. The molecule has 2 atom stereocenters. The van der Waals surface area contributed by atoms with Crippen LogP contribution in [0, 0.1) is 37.3 Å². The summed E-state index contributed by atoms with van der Waals surface area (Å²) < 4.78 is 58.3. The Hall–Kier alpha value is -3.46. The molecule has 2 aromatic heterocycles. The Bertz CT molecular complexity index is 1660. The monoisotopic (exact) mass is 551 g/mol. The van der Waals surface area contributed by atoms with Crippen LogP contribution in [0.2, 0.25) is 0 Å². The summed E-state index contributed by atoms with van der Waals surface area (Å²) in [6.07, 6.45) is 7.07. The SMILES string of the molecule is CC(=O)C[C@H]1CCC[C@@H](Cc2nc(-c3cn(S(=O)(=O)c4ccc(C)cc4)c4c(F)cc(C)cc34)ncc2F)C1. The van der Waals surface area contributed by atoms with Crippen molar-refractivity contribution in [1.82, 2.24) is 13.9 Å². The number of carbonyl (C=O) groups is 1. The van der Waals surface area contributed by atoms with Gasteiger partial charge in [-0.1, -0.05) is 37.0 Å². The fraction of sp³-hybridized carbons (Fsp3) is 0.367. The number of rotatable bonds is 7. The smallest absolute Gasteiger partial charge is 0.268 e. The summed E-state index contributed by atoms with van der Waals surface area (Å²) in [5.41, 5.74) is 1.94. The third-order valence-electron chi connectivity index (χ3n) is 7.55. The van der Waals surface area contributed by atoms with Gasteiger partial charge in [-0.05, 0) is 75.3 Å². The maximum atomic E-state index is 15.3. The zero-order valence-electron chi connectivity index (χ0n) is 22.2. The van der Waals surface area contributed by atoms with Gasteiger partial charge in [-0.2, -0.15) is 0 Å². The lowest BCUT2D eigenvalue weighted by Gasteiger charge is -2.28. The number of Topliss-reactive ketones (excluding diaryl/α,β-unsaturated/α-hetero) is 1. The van der Waals surface area contributed by atoms with Crippen molar-refractivity contribution in [3.05, 3.63) is 77.2 Å². The van der Waals surface area contributed by atoms with Crippen LogP contribution in [0.25, 0.3) is 22.3 Å². The van der Waals surface area contributed by atoms with Crippen LogP contribution in [0.15, 0.2) is 53.7 Å². The highest BCUT2D eigenvalue weighted by Crippen LogP contribution is 2.36. The summed E-state index contributed by atoms with van der Waals surface area (Å²) >= 11 is 0. The van der Waals surface area contributed by atoms with Crippen molar-refractivity contribution < 1.29 is 22.0 Å². The van der Waals surface area contributed by atoms with Gasteiger partial charge in [0, 0.05) is 23.6 Å². The summed E-state index contributed by atoms with van der Waals surface area (Å²) in [5.74, 6) is -0.449. The highest BCUT2D eigenvalue weighted by atomic mass is 32.2. The van der Waals surface area contributed by atoms with Gasteiger partial charge >= 0.3 is 0 Å². The second-order valence-corrected chi connectivity index (χ2v) is 12.6. The van der Waals surface area contributed by atoms with Crippen molar-refractivity contribution in [2.45, 2.75) is 64.2 Å². The Morgan fingerprint density at radius 1 is 1.03 bits per heavy atom. The number of hydrogen-bond acceptors (Lipinski definition) is 5. The number of carbonyl (C=O) groups excluding carboxylic acids is 1. The minimum Gasteiger partial charge on any atom is -0.300 e. The average Bonchev–Trinajstić information content (AvgIpc) is 3.26. The lowest BCUT2D eigenvalue weighted by molar-refractivity contribution is -0.118. The van der Waals surface area contributed by atoms with Crippen LogP contribution in [-0.2, 0) is 21.2 Å². The number of ketones is 1. The molecule has 2 aromatic carbocycles. The standard InChI is InChI=1S/C30H31F2N3O3S/c1-18-7-9-23(10-8-18)39(37,38)35-17-25(24-11-19(2)12-26(31)29(24)35)30-33-16-27(32)28(34-30)15-22-6-4-5-21(14-22)13-20(3)36/h7-12,16-17,21-22H,4-6,13-15H2,1-3H3/t21-,22-/m1/s1. The number of nitrogens with zero attached hydrogens (tertiary/aromatic N) is 3. The molecule has 9 heteroatoms. The molecule has 0 radical (unpaired) electrons. The Morgan fingerprint density at radius 2 is 1.74 bits per heavy atom. The number of benzene rings is 2. The third kappa shape index (κ3) is 5.50. The van der Waals surface area contributed by atoms with Gasteiger partial charge in [-0.25, -0.2) is 31.1 Å². The van der Waals surface area contributed by atoms with E-state index >= 15 is 4.39 Å². The van der Waals surface area contributed by atoms with Crippen LogP contribution in [0.4, 0.5) is 8.78 Å². The van der Waals surface area contributed by atoms with Crippen molar-refractivity contribution in [2.75, 3.05) is 0 Å². The zero-order valence-corrected chi connectivity index (χ0v) is 23.1. The molecule has 2 heterocycles. The third-order valence-corrected chi connectivity index (χ3v) is 9.22. The van der Waals surface area contributed by atoms with Crippen LogP contribution in [0.3, 0.4) is 0 Å². The van der Waals surface area contributed by atoms with Gasteiger partial charge in [0.05, 0.1) is 16.8 Å². The molecule has 5 rings (SSSR count). The molecule has 1 saturated carbocycles. The fourth-order valence-electron chi connectivity index (χ4n) is 5.74. The molecule has 0 spiro atoms. The van der Waals surface area contributed by atoms with E-state index in [9.17, 15) is 17.6 Å². The molecular weight excluding hydrogens is 520 g/mol. The first-order chi connectivity index (χ1) is 18.5. The second-order valence-electron chi connectivity index (χ2n) is 10.8. The van der Waals surface area contributed by atoms with E-state index < -0.39 is 21.7 Å². The molecule has 204 valence electrons. The van der Waals surface area contributed by atoms with Gasteiger partial charge in [0.1, 0.15) is 17.1 Å². The van der Waals surface area contributed by atoms with E-state index in [-0.39, 0.29) is 33.6 Å². The topological polar surface area (TPSA) is 81.9 Å². The molecule has 39 heavy (non-hydrogen) atoms. The van der Waals surface area contributed by atoms with Gasteiger partial charge < -0.3 is 4.79 Å². The van der Waals surface area contributed by atoms with E-state index in [1.165, 1.54) is 24.4 Å². The Morgan fingerprint density at radius 3 is 2.46 bits per heavy atom. The highest BCUT2D eigenvalue weighted by Gasteiger charge is 2.27. The van der Waals surface area contributed by atoms with Gasteiger partial charge in [-0.3, -0.25) is 0 Å². The van der Waals surface area contributed by atoms with Gasteiger partial charge in [-0.15, -0.1) is 0 Å². The second kappa shape index (κ2) is 10.6. The molecule has 0 saturated heterocycles. The van der Waals surface area contributed by atoms with E-state index in [0.717, 1.165) is 41.4 Å².